The molecular weight excluding hydrogens is 292 g/mol. The van der Waals surface area contributed by atoms with E-state index in [1.54, 1.807) is 4.57 Å². The van der Waals surface area contributed by atoms with Crippen molar-refractivity contribution in [1.82, 2.24) is 19.5 Å². The zero-order chi connectivity index (χ0) is 13.6. The lowest BCUT2D eigenvalue weighted by Crippen LogP contribution is -2.32. The molecule has 4 unspecified atom stereocenters. The molecule has 2 aromatic heterocycles. The van der Waals surface area contributed by atoms with Gasteiger partial charge in [-0.05, 0) is 0 Å². The summed E-state index contributed by atoms with van der Waals surface area (Å²) in [5.74, 6) is 0. The van der Waals surface area contributed by atoms with Gasteiger partial charge in [0.15, 0.2) is 10.8 Å². The van der Waals surface area contributed by atoms with E-state index in [1.165, 1.54) is 24.4 Å². The maximum Gasteiger partial charge on any atom is 0.165 e. The number of thioether (sulfide) groups is 1. The third kappa shape index (κ3) is 2.00. The molecule has 3 rings (SSSR count). The van der Waals surface area contributed by atoms with Crippen molar-refractivity contribution >= 4 is 34.5 Å². The van der Waals surface area contributed by atoms with E-state index in [0.29, 0.717) is 11.2 Å². The number of rotatable bonds is 2. The van der Waals surface area contributed by atoms with Crippen LogP contribution >= 0.6 is 23.4 Å². The third-order valence-electron chi connectivity index (χ3n) is 3.11. The molecule has 4 atom stereocenters. The van der Waals surface area contributed by atoms with E-state index in [1.807, 2.05) is 0 Å². The highest BCUT2D eigenvalue weighted by Crippen LogP contribution is 2.42. The van der Waals surface area contributed by atoms with Crippen LogP contribution in [0.3, 0.4) is 0 Å². The third-order valence-corrected chi connectivity index (χ3v) is 4.94. The van der Waals surface area contributed by atoms with Crippen molar-refractivity contribution in [1.29, 1.82) is 0 Å². The van der Waals surface area contributed by atoms with Gasteiger partial charge >= 0.3 is 0 Å². The van der Waals surface area contributed by atoms with Crippen LogP contribution < -0.4 is 0 Å². The first-order valence-corrected chi connectivity index (χ1v) is 6.91. The quantitative estimate of drug-likeness (QED) is 0.660. The maximum absolute atomic E-state index is 10.1. The van der Waals surface area contributed by atoms with Gasteiger partial charge in [0, 0.05) is 0 Å². The second-order valence-electron chi connectivity index (χ2n) is 4.22. The fourth-order valence-electron chi connectivity index (χ4n) is 2.12. The number of aliphatic hydroxyl groups excluding tert-OH is 3. The fraction of sp³-hybridized carbons (Fsp3) is 0.500. The van der Waals surface area contributed by atoms with Crippen molar-refractivity contribution < 1.29 is 15.3 Å². The molecule has 7 nitrogen and oxygen atoms in total. The molecule has 3 heterocycles. The summed E-state index contributed by atoms with van der Waals surface area (Å²) in [6.45, 7) is -0.207. The second kappa shape index (κ2) is 4.88. The molecule has 0 aliphatic carbocycles. The van der Waals surface area contributed by atoms with Crippen LogP contribution in [0.4, 0.5) is 0 Å². The smallest absolute Gasteiger partial charge is 0.165 e. The molecule has 1 fully saturated rings. The van der Waals surface area contributed by atoms with Gasteiger partial charge in [-0.25, -0.2) is 15.0 Å². The van der Waals surface area contributed by atoms with Crippen LogP contribution in [0.1, 0.15) is 5.37 Å². The van der Waals surface area contributed by atoms with E-state index < -0.39 is 22.8 Å². The second-order valence-corrected chi connectivity index (χ2v) is 5.94. The molecule has 1 aliphatic rings. The zero-order valence-corrected chi connectivity index (χ0v) is 11.2. The SMILES string of the molecule is OCC1SC(n2cnc3c(Cl)ncnc32)C(O)C1O. The van der Waals surface area contributed by atoms with Crippen LogP contribution in [-0.2, 0) is 0 Å². The van der Waals surface area contributed by atoms with Gasteiger partial charge in [-0.15, -0.1) is 11.8 Å². The zero-order valence-electron chi connectivity index (χ0n) is 9.59. The lowest BCUT2D eigenvalue weighted by molar-refractivity contribution is 0.0113. The first kappa shape index (κ1) is 13.1. The number of aromatic nitrogens is 4. The summed E-state index contributed by atoms with van der Waals surface area (Å²) in [6, 6.07) is 0. The van der Waals surface area contributed by atoms with Crippen molar-refractivity contribution in [3.63, 3.8) is 0 Å². The van der Waals surface area contributed by atoms with Gasteiger partial charge in [0.1, 0.15) is 23.3 Å². The average Bonchev–Trinajstić information content (AvgIpc) is 2.94. The van der Waals surface area contributed by atoms with Crippen LogP contribution in [0.2, 0.25) is 5.15 Å². The number of nitrogens with zero attached hydrogens (tertiary/aromatic N) is 4. The molecule has 19 heavy (non-hydrogen) atoms. The van der Waals surface area contributed by atoms with Crippen LogP contribution in [0.15, 0.2) is 12.7 Å². The van der Waals surface area contributed by atoms with E-state index in [-0.39, 0.29) is 11.8 Å². The monoisotopic (exact) mass is 302 g/mol. The Morgan fingerprint density at radius 1 is 1.26 bits per heavy atom. The summed E-state index contributed by atoms with van der Waals surface area (Å²) in [5, 5.41) is 28.4. The molecule has 0 spiro atoms. The summed E-state index contributed by atoms with van der Waals surface area (Å²) < 4.78 is 1.64. The van der Waals surface area contributed by atoms with E-state index in [4.69, 9.17) is 16.7 Å². The molecule has 9 heteroatoms. The van der Waals surface area contributed by atoms with E-state index in [0.717, 1.165) is 0 Å². The average molecular weight is 303 g/mol. The van der Waals surface area contributed by atoms with Gasteiger partial charge in [-0.2, -0.15) is 0 Å². The molecule has 2 aromatic rings. The normalized spacial score (nSPS) is 31.2. The summed E-state index contributed by atoms with van der Waals surface area (Å²) in [5.41, 5.74) is 0.932. The maximum atomic E-state index is 10.1. The number of imidazole rings is 1. The first-order valence-electron chi connectivity index (χ1n) is 5.59. The van der Waals surface area contributed by atoms with Crippen molar-refractivity contribution in [2.45, 2.75) is 22.8 Å². The Morgan fingerprint density at radius 3 is 2.74 bits per heavy atom. The summed E-state index contributed by atoms with van der Waals surface area (Å²) in [7, 11) is 0. The minimum atomic E-state index is -1.01. The number of fused-ring (bicyclic) bond motifs is 1. The van der Waals surface area contributed by atoms with Crippen molar-refractivity contribution in [2.24, 2.45) is 0 Å². The van der Waals surface area contributed by atoms with Crippen molar-refractivity contribution in [2.75, 3.05) is 6.61 Å². The van der Waals surface area contributed by atoms with Crippen LogP contribution in [-0.4, -0.2) is 58.9 Å². The molecule has 0 radical (unpaired) electrons. The summed E-state index contributed by atoms with van der Waals surface area (Å²) in [6.07, 6.45) is 0.816. The molecule has 102 valence electrons. The Kier molecular flexibility index (Phi) is 3.35. The molecule has 0 aromatic carbocycles. The van der Waals surface area contributed by atoms with Crippen LogP contribution in [0.25, 0.3) is 11.2 Å². The number of hydrogen-bond acceptors (Lipinski definition) is 7. The van der Waals surface area contributed by atoms with Crippen molar-refractivity contribution in [3.8, 4) is 0 Å². The van der Waals surface area contributed by atoms with Crippen LogP contribution in [0, 0.1) is 0 Å². The van der Waals surface area contributed by atoms with Gasteiger partial charge in [-0.1, -0.05) is 11.6 Å². The Balaban J connectivity index is 2.04. The Hall–Kier alpha value is -0.930. The lowest BCUT2D eigenvalue weighted by atomic mass is 10.1. The van der Waals surface area contributed by atoms with Crippen LogP contribution in [0.5, 0.6) is 0 Å². The van der Waals surface area contributed by atoms with Gasteiger partial charge in [0.2, 0.25) is 0 Å². The Morgan fingerprint density at radius 2 is 2.05 bits per heavy atom. The molecule has 0 saturated carbocycles. The molecule has 1 aliphatic heterocycles. The molecule has 0 bridgehead atoms. The fourth-order valence-corrected chi connectivity index (χ4v) is 3.67. The standard InChI is InChI=1S/C10H11ClN4O3S/c11-8-5-9(13-2-12-8)15(3-14-5)10-7(18)6(17)4(1-16)19-10/h2-4,6-7,10,16-18H,1H2. The van der Waals surface area contributed by atoms with E-state index in [2.05, 4.69) is 15.0 Å². The highest BCUT2D eigenvalue weighted by Gasteiger charge is 2.43. The first-order chi connectivity index (χ1) is 9.13. The van der Waals surface area contributed by atoms with Gasteiger partial charge in [0.05, 0.1) is 24.3 Å². The predicted octanol–water partition coefficient (Wildman–Crippen LogP) is -0.192. The van der Waals surface area contributed by atoms with Gasteiger partial charge in [0.25, 0.3) is 0 Å². The van der Waals surface area contributed by atoms with E-state index >= 15 is 0 Å². The topological polar surface area (TPSA) is 104 Å². The molecule has 3 N–H and O–H groups in total. The lowest BCUT2D eigenvalue weighted by Gasteiger charge is -2.16. The number of hydrogen-bond donors (Lipinski definition) is 3. The Bertz CT molecular complexity index is 609. The number of aliphatic hydroxyl groups is 3. The largest absolute Gasteiger partial charge is 0.395 e. The molecular formula is C10H11ClN4O3S. The molecule has 0 amide bonds. The van der Waals surface area contributed by atoms with Crippen molar-refractivity contribution in [3.05, 3.63) is 17.8 Å². The number of halogens is 1. The Labute approximate surface area is 117 Å². The van der Waals surface area contributed by atoms with Gasteiger partial charge in [-0.3, -0.25) is 4.57 Å². The summed E-state index contributed by atoms with van der Waals surface area (Å²) in [4.78, 5) is 12.0. The summed E-state index contributed by atoms with van der Waals surface area (Å²) >= 11 is 7.19. The molecule has 1 saturated heterocycles. The highest BCUT2D eigenvalue weighted by molar-refractivity contribution is 8.00. The highest BCUT2D eigenvalue weighted by atomic mass is 35.5. The van der Waals surface area contributed by atoms with Gasteiger partial charge < -0.3 is 15.3 Å². The van der Waals surface area contributed by atoms with E-state index in [9.17, 15) is 10.2 Å². The predicted molar refractivity (Wildman–Crippen MR) is 69.8 cm³/mol. The minimum Gasteiger partial charge on any atom is -0.395 e. The minimum absolute atomic E-state index is 0.207.